The lowest BCUT2D eigenvalue weighted by atomic mass is 9.90. The number of hydrogen-bond donors (Lipinski definition) is 1. The average molecular weight is 230 g/mol. The molecule has 0 aromatic carbocycles. The van der Waals surface area contributed by atoms with Crippen LogP contribution in [0.5, 0.6) is 0 Å². The highest BCUT2D eigenvalue weighted by molar-refractivity contribution is 5.85. The van der Waals surface area contributed by atoms with Crippen molar-refractivity contribution in [2.45, 2.75) is 39.0 Å². The van der Waals surface area contributed by atoms with E-state index in [9.17, 15) is 4.79 Å². The van der Waals surface area contributed by atoms with Gasteiger partial charge in [0.2, 0.25) is 5.91 Å². The number of aryl methyl sites for hydroxylation is 2. The summed E-state index contributed by atoms with van der Waals surface area (Å²) in [7, 11) is 0. The molecule has 1 fully saturated rings. The van der Waals surface area contributed by atoms with Crippen molar-refractivity contribution in [1.82, 2.24) is 10.3 Å². The van der Waals surface area contributed by atoms with Crippen molar-refractivity contribution in [2.75, 3.05) is 0 Å². The standard InChI is InChI=1S/C14H18N2O/c1-4-11-7-9(2)13(15-8-11)12-6-5-10(3)16-14(12)17/h7-8,12H,3-6H2,1-2H3,(H,16,17). The van der Waals surface area contributed by atoms with Crippen LogP contribution in [0.2, 0.25) is 0 Å². The van der Waals surface area contributed by atoms with Gasteiger partial charge in [-0.1, -0.05) is 19.6 Å². The molecule has 1 unspecified atom stereocenters. The molecule has 1 aromatic heterocycles. The Morgan fingerprint density at radius 3 is 2.94 bits per heavy atom. The first kappa shape index (κ1) is 11.8. The van der Waals surface area contributed by atoms with Crippen LogP contribution in [0.1, 0.15) is 42.5 Å². The molecule has 1 N–H and O–H groups in total. The summed E-state index contributed by atoms with van der Waals surface area (Å²) < 4.78 is 0. The van der Waals surface area contributed by atoms with Crippen LogP contribution >= 0.6 is 0 Å². The van der Waals surface area contributed by atoms with Gasteiger partial charge in [-0.25, -0.2) is 0 Å². The summed E-state index contributed by atoms with van der Waals surface area (Å²) in [6, 6.07) is 2.12. The molecule has 1 amide bonds. The van der Waals surface area contributed by atoms with E-state index >= 15 is 0 Å². The van der Waals surface area contributed by atoms with Crippen LogP contribution in [-0.4, -0.2) is 10.9 Å². The Labute approximate surface area is 102 Å². The molecule has 2 heterocycles. The first-order valence-corrected chi connectivity index (χ1v) is 6.06. The van der Waals surface area contributed by atoms with Crippen LogP contribution in [0.25, 0.3) is 0 Å². The molecule has 17 heavy (non-hydrogen) atoms. The lowest BCUT2D eigenvalue weighted by molar-refractivity contribution is -0.123. The van der Waals surface area contributed by atoms with Gasteiger partial charge in [-0.05, 0) is 37.3 Å². The number of carbonyl (C=O) groups is 1. The summed E-state index contributed by atoms with van der Waals surface area (Å²) in [5, 5.41) is 2.81. The fourth-order valence-corrected chi connectivity index (χ4v) is 2.24. The number of pyridine rings is 1. The smallest absolute Gasteiger partial charge is 0.233 e. The van der Waals surface area contributed by atoms with E-state index in [1.807, 2.05) is 13.1 Å². The zero-order valence-electron chi connectivity index (χ0n) is 10.4. The lowest BCUT2D eigenvalue weighted by Crippen LogP contribution is -2.34. The Hall–Kier alpha value is -1.64. The van der Waals surface area contributed by atoms with Crippen molar-refractivity contribution in [3.63, 3.8) is 0 Å². The number of rotatable bonds is 2. The van der Waals surface area contributed by atoms with E-state index in [0.717, 1.165) is 36.2 Å². The predicted molar refractivity (Wildman–Crippen MR) is 67.6 cm³/mol. The van der Waals surface area contributed by atoms with Crippen LogP contribution < -0.4 is 5.32 Å². The van der Waals surface area contributed by atoms with Crippen LogP contribution in [-0.2, 0) is 11.2 Å². The summed E-state index contributed by atoms with van der Waals surface area (Å²) in [5.41, 5.74) is 4.05. The number of allylic oxidation sites excluding steroid dienone is 1. The van der Waals surface area contributed by atoms with Crippen molar-refractivity contribution in [1.29, 1.82) is 0 Å². The van der Waals surface area contributed by atoms with Crippen LogP contribution in [0, 0.1) is 6.92 Å². The quantitative estimate of drug-likeness (QED) is 0.848. The number of carbonyl (C=O) groups excluding carboxylic acids is 1. The molecule has 3 nitrogen and oxygen atoms in total. The zero-order chi connectivity index (χ0) is 12.4. The molecule has 0 aliphatic carbocycles. The Morgan fingerprint density at radius 2 is 2.35 bits per heavy atom. The largest absolute Gasteiger partial charge is 0.330 e. The van der Waals surface area contributed by atoms with E-state index in [1.54, 1.807) is 0 Å². The second-order valence-corrected chi connectivity index (χ2v) is 4.58. The van der Waals surface area contributed by atoms with Crippen molar-refractivity contribution in [3.05, 3.63) is 41.4 Å². The fourth-order valence-electron chi connectivity index (χ4n) is 2.24. The molecule has 0 spiro atoms. The van der Waals surface area contributed by atoms with E-state index in [2.05, 4.69) is 29.9 Å². The third kappa shape index (κ3) is 2.38. The van der Waals surface area contributed by atoms with Gasteiger partial charge in [0.25, 0.3) is 0 Å². The highest BCUT2D eigenvalue weighted by atomic mass is 16.2. The predicted octanol–water partition coefficient (Wildman–Crippen LogP) is 2.46. The average Bonchev–Trinajstić information content (AvgIpc) is 2.30. The minimum Gasteiger partial charge on any atom is -0.330 e. The maximum absolute atomic E-state index is 11.9. The SMILES string of the molecule is C=C1CCC(c2ncc(CC)cc2C)C(=O)N1. The van der Waals surface area contributed by atoms with Gasteiger partial charge in [0.15, 0.2) is 0 Å². The summed E-state index contributed by atoms with van der Waals surface area (Å²) in [5.74, 6) is -0.0903. The maximum atomic E-state index is 11.9. The summed E-state index contributed by atoms with van der Waals surface area (Å²) in [4.78, 5) is 16.4. The van der Waals surface area contributed by atoms with Crippen LogP contribution in [0.15, 0.2) is 24.5 Å². The Bertz CT molecular complexity index is 465. The van der Waals surface area contributed by atoms with Gasteiger partial charge >= 0.3 is 0 Å². The van der Waals surface area contributed by atoms with E-state index in [4.69, 9.17) is 0 Å². The van der Waals surface area contributed by atoms with Crippen molar-refractivity contribution >= 4 is 5.91 Å². The van der Waals surface area contributed by atoms with Crippen molar-refractivity contribution in [2.24, 2.45) is 0 Å². The molecule has 90 valence electrons. The Kier molecular flexibility index (Phi) is 3.27. The molecule has 0 bridgehead atoms. The van der Waals surface area contributed by atoms with Gasteiger partial charge in [-0.2, -0.15) is 0 Å². The molecule has 1 aliphatic rings. The molecule has 1 atom stereocenters. The summed E-state index contributed by atoms with van der Waals surface area (Å²) >= 11 is 0. The highest BCUT2D eigenvalue weighted by Crippen LogP contribution is 2.28. The molecule has 2 rings (SSSR count). The third-order valence-corrected chi connectivity index (χ3v) is 3.26. The second-order valence-electron chi connectivity index (χ2n) is 4.58. The van der Waals surface area contributed by atoms with Crippen molar-refractivity contribution < 1.29 is 4.79 Å². The second kappa shape index (κ2) is 4.70. The minimum absolute atomic E-state index is 0.0288. The number of piperidine rings is 1. The fraction of sp³-hybridized carbons (Fsp3) is 0.429. The highest BCUT2D eigenvalue weighted by Gasteiger charge is 2.27. The normalized spacial score (nSPS) is 20.2. The van der Waals surface area contributed by atoms with Crippen molar-refractivity contribution in [3.8, 4) is 0 Å². The lowest BCUT2D eigenvalue weighted by Gasteiger charge is -2.24. The van der Waals surface area contributed by atoms with Gasteiger partial charge in [0.1, 0.15) is 0 Å². The number of hydrogen-bond acceptors (Lipinski definition) is 2. The van der Waals surface area contributed by atoms with Crippen LogP contribution in [0.3, 0.4) is 0 Å². The molecule has 0 radical (unpaired) electrons. The molecule has 3 heteroatoms. The Morgan fingerprint density at radius 1 is 1.59 bits per heavy atom. The Balaban J connectivity index is 2.28. The van der Waals surface area contributed by atoms with Gasteiger partial charge in [0, 0.05) is 11.9 Å². The van der Waals surface area contributed by atoms with Gasteiger partial charge in [-0.15, -0.1) is 0 Å². The maximum Gasteiger partial charge on any atom is 0.233 e. The molecule has 0 saturated carbocycles. The molecule has 1 aromatic rings. The zero-order valence-corrected chi connectivity index (χ0v) is 10.4. The van der Waals surface area contributed by atoms with Gasteiger partial charge in [0.05, 0.1) is 11.6 Å². The van der Waals surface area contributed by atoms with Gasteiger partial charge < -0.3 is 5.32 Å². The van der Waals surface area contributed by atoms with E-state index in [-0.39, 0.29) is 11.8 Å². The number of aromatic nitrogens is 1. The molecular weight excluding hydrogens is 212 g/mol. The van der Waals surface area contributed by atoms with Gasteiger partial charge in [-0.3, -0.25) is 9.78 Å². The number of nitrogens with one attached hydrogen (secondary N) is 1. The van der Waals surface area contributed by atoms with E-state index in [0.29, 0.717) is 0 Å². The van der Waals surface area contributed by atoms with E-state index < -0.39 is 0 Å². The third-order valence-electron chi connectivity index (χ3n) is 3.26. The molecule has 1 aliphatic heterocycles. The first-order valence-electron chi connectivity index (χ1n) is 6.06. The molecule has 1 saturated heterocycles. The minimum atomic E-state index is -0.119. The van der Waals surface area contributed by atoms with E-state index in [1.165, 1.54) is 5.56 Å². The monoisotopic (exact) mass is 230 g/mol. The summed E-state index contributed by atoms with van der Waals surface area (Å²) in [6.07, 6.45) is 4.50. The number of nitrogens with zero attached hydrogens (tertiary/aromatic N) is 1. The van der Waals surface area contributed by atoms with Crippen LogP contribution in [0.4, 0.5) is 0 Å². The summed E-state index contributed by atoms with van der Waals surface area (Å²) in [6.45, 7) is 7.92. The first-order chi connectivity index (χ1) is 8.11. The molecular formula is C14H18N2O. The topological polar surface area (TPSA) is 42.0 Å². The number of amides is 1.